The highest BCUT2D eigenvalue weighted by molar-refractivity contribution is 6.34. The first-order valence-corrected chi connectivity index (χ1v) is 10.1. The van der Waals surface area contributed by atoms with E-state index in [1.54, 1.807) is 0 Å². The highest BCUT2D eigenvalue weighted by Gasteiger charge is 2.17. The largest absolute Gasteiger partial charge is 0.366 e. The van der Waals surface area contributed by atoms with Gasteiger partial charge in [-0.25, -0.2) is 13.8 Å². The number of anilines is 1. The molecule has 3 N–H and O–H groups in total. The van der Waals surface area contributed by atoms with E-state index >= 15 is 0 Å². The predicted molar refractivity (Wildman–Crippen MR) is 122 cm³/mol. The summed E-state index contributed by atoms with van der Waals surface area (Å²) in [5.41, 5.74) is 1.43. The number of H-pyrrole nitrogens is 1. The third kappa shape index (κ3) is 6.13. The van der Waals surface area contributed by atoms with Crippen molar-refractivity contribution in [1.29, 1.82) is 0 Å². The van der Waals surface area contributed by atoms with Crippen LogP contribution in [0.4, 0.5) is 20.3 Å². The average molecular weight is 475 g/mol. The number of hydrogen-bond donors (Lipinski definition) is 3. The maximum Gasteiger partial charge on any atom is 0.269 e. The molecule has 0 aliphatic rings. The van der Waals surface area contributed by atoms with Crippen molar-refractivity contribution in [3.05, 3.63) is 75.9 Å². The summed E-state index contributed by atoms with van der Waals surface area (Å²) in [6.45, 7) is 2.14. The Labute approximate surface area is 193 Å². The van der Waals surface area contributed by atoms with Crippen LogP contribution in [0.25, 0.3) is 0 Å². The van der Waals surface area contributed by atoms with Gasteiger partial charge in [-0.1, -0.05) is 23.7 Å². The standard InChI is InChI=1S/C22H21ClF2N6O2/c1-12(31(2)3)27-14-6-4-5-13(7-14)11-26-22(33)19-10-20(30-29-19)28-21(32)15-8-17(24)18(25)9-16(15)23/h4-10H,11H2,1-3H3,(H,26,33)(H2,28,29,30,32). The Morgan fingerprint density at radius 3 is 2.58 bits per heavy atom. The highest BCUT2D eigenvalue weighted by atomic mass is 35.5. The molecule has 0 unspecified atom stereocenters. The van der Waals surface area contributed by atoms with E-state index in [2.05, 4.69) is 25.8 Å². The van der Waals surface area contributed by atoms with E-state index in [1.165, 1.54) is 6.07 Å². The molecule has 1 aromatic heterocycles. The lowest BCUT2D eigenvalue weighted by Crippen LogP contribution is -2.23. The van der Waals surface area contributed by atoms with Crippen molar-refractivity contribution in [2.24, 2.45) is 4.99 Å². The lowest BCUT2D eigenvalue weighted by atomic mass is 10.2. The predicted octanol–water partition coefficient (Wildman–Crippen LogP) is 4.14. The molecule has 3 aromatic rings. The Balaban J connectivity index is 1.62. The Kier molecular flexibility index (Phi) is 7.39. The van der Waals surface area contributed by atoms with Gasteiger partial charge in [-0.3, -0.25) is 14.7 Å². The number of aromatic amines is 1. The zero-order valence-corrected chi connectivity index (χ0v) is 18.8. The number of hydrogen-bond acceptors (Lipinski definition) is 4. The van der Waals surface area contributed by atoms with Crippen molar-refractivity contribution in [2.75, 3.05) is 19.4 Å². The van der Waals surface area contributed by atoms with Crippen LogP contribution in [-0.4, -0.2) is 46.8 Å². The summed E-state index contributed by atoms with van der Waals surface area (Å²) >= 11 is 5.80. The van der Waals surface area contributed by atoms with E-state index in [1.807, 2.05) is 50.2 Å². The molecule has 0 saturated heterocycles. The molecule has 1 heterocycles. The molecule has 33 heavy (non-hydrogen) atoms. The lowest BCUT2D eigenvalue weighted by Gasteiger charge is -2.11. The Morgan fingerprint density at radius 1 is 1.12 bits per heavy atom. The van der Waals surface area contributed by atoms with Gasteiger partial charge in [0.2, 0.25) is 0 Å². The van der Waals surface area contributed by atoms with Crippen LogP contribution in [0, 0.1) is 11.6 Å². The minimum absolute atomic E-state index is 0.0152. The highest BCUT2D eigenvalue weighted by Crippen LogP contribution is 2.21. The van der Waals surface area contributed by atoms with E-state index in [0.717, 1.165) is 17.1 Å². The molecular formula is C22H21ClF2N6O2. The molecule has 3 rings (SSSR count). The number of halogens is 3. The minimum Gasteiger partial charge on any atom is -0.366 e. The number of carbonyl (C=O) groups excluding carboxylic acids is 2. The third-order valence-corrected chi connectivity index (χ3v) is 4.93. The molecule has 2 amide bonds. The fourth-order valence-corrected chi connectivity index (χ4v) is 2.92. The van der Waals surface area contributed by atoms with Crippen LogP contribution >= 0.6 is 11.6 Å². The number of aliphatic imine (C=N–C) groups is 1. The molecule has 0 radical (unpaired) electrons. The van der Waals surface area contributed by atoms with Crippen LogP contribution < -0.4 is 10.6 Å². The molecule has 0 atom stereocenters. The summed E-state index contributed by atoms with van der Waals surface area (Å²) in [5.74, 6) is -2.77. The first-order valence-electron chi connectivity index (χ1n) is 9.75. The van der Waals surface area contributed by atoms with Crippen molar-refractivity contribution < 1.29 is 18.4 Å². The maximum absolute atomic E-state index is 13.4. The second kappa shape index (κ2) is 10.2. The molecule has 11 heteroatoms. The van der Waals surface area contributed by atoms with Gasteiger partial charge in [0.05, 0.1) is 16.3 Å². The fraction of sp³-hybridized carbons (Fsp3) is 0.182. The van der Waals surface area contributed by atoms with Gasteiger partial charge in [-0.05, 0) is 36.8 Å². The molecule has 0 spiro atoms. The quantitative estimate of drug-likeness (QED) is 0.284. The van der Waals surface area contributed by atoms with Gasteiger partial charge < -0.3 is 15.5 Å². The van der Waals surface area contributed by atoms with Crippen LogP contribution in [0.3, 0.4) is 0 Å². The smallest absolute Gasteiger partial charge is 0.269 e. The van der Waals surface area contributed by atoms with Crippen molar-refractivity contribution in [1.82, 2.24) is 20.4 Å². The summed E-state index contributed by atoms with van der Waals surface area (Å²) in [5, 5.41) is 11.2. The van der Waals surface area contributed by atoms with E-state index in [4.69, 9.17) is 11.6 Å². The molecule has 2 aromatic carbocycles. The number of amidine groups is 1. The van der Waals surface area contributed by atoms with Crippen LogP contribution in [0.15, 0.2) is 47.5 Å². The van der Waals surface area contributed by atoms with Crippen molar-refractivity contribution >= 4 is 40.8 Å². The van der Waals surface area contributed by atoms with Crippen LogP contribution in [0.5, 0.6) is 0 Å². The van der Waals surface area contributed by atoms with Crippen LogP contribution in [-0.2, 0) is 6.54 Å². The molecule has 0 aliphatic heterocycles. The fourth-order valence-electron chi connectivity index (χ4n) is 2.68. The Hall–Kier alpha value is -3.79. The number of rotatable bonds is 6. The summed E-state index contributed by atoms with van der Waals surface area (Å²) in [6.07, 6.45) is 0. The maximum atomic E-state index is 13.4. The minimum atomic E-state index is -1.21. The molecule has 8 nitrogen and oxygen atoms in total. The SMILES string of the molecule is CC(=Nc1cccc(CNC(=O)c2cc(NC(=O)c3cc(F)c(F)cc3Cl)n[nH]2)c1)N(C)C. The van der Waals surface area contributed by atoms with Gasteiger partial charge in [0.1, 0.15) is 11.5 Å². The van der Waals surface area contributed by atoms with E-state index < -0.39 is 23.4 Å². The third-order valence-electron chi connectivity index (χ3n) is 4.62. The zero-order valence-electron chi connectivity index (χ0n) is 18.0. The second-order valence-corrected chi connectivity index (χ2v) is 7.68. The Bertz CT molecular complexity index is 1230. The first-order chi connectivity index (χ1) is 15.6. The van der Waals surface area contributed by atoms with Crippen molar-refractivity contribution in [3.8, 4) is 0 Å². The van der Waals surface area contributed by atoms with E-state index in [0.29, 0.717) is 12.1 Å². The van der Waals surface area contributed by atoms with E-state index in [9.17, 15) is 18.4 Å². The first kappa shape index (κ1) is 23.9. The number of amides is 2. The van der Waals surface area contributed by atoms with Gasteiger partial charge in [0, 0.05) is 26.7 Å². The number of aromatic nitrogens is 2. The van der Waals surface area contributed by atoms with Gasteiger partial charge in [0.25, 0.3) is 11.8 Å². The van der Waals surface area contributed by atoms with Gasteiger partial charge in [0.15, 0.2) is 17.5 Å². The monoisotopic (exact) mass is 474 g/mol. The zero-order chi connectivity index (χ0) is 24.1. The molecule has 172 valence electrons. The topological polar surface area (TPSA) is 102 Å². The van der Waals surface area contributed by atoms with Gasteiger partial charge >= 0.3 is 0 Å². The lowest BCUT2D eigenvalue weighted by molar-refractivity contribution is 0.0945. The number of benzene rings is 2. The number of carbonyl (C=O) groups is 2. The summed E-state index contributed by atoms with van der Waals surface area (Å²) in [7, 11) is 3.80. The molecule has 0 bridgehead atoms. The van der Waals surface area contributed by atoms with Crippen LogP contribution in [0.2, 0.25) is 5.02 Å². The summed E-state index contributed by atoms with van der Waals surface area (Å²) in [4.78, 5) is 31.1. The summed E-state index contributed by atoms with van der Waals surface area (Å²) < 4.78 is 26.6. The molecule has 0 aliphatic carbocycles. The normalized spacial score (nSPS) is 11.3. The molecule has 0 fully saturated rings. The Morgan fingerprint density at radius 2 is 1.85 bits per heavy atom. The van der Waals surface area contributed by atoms with Crippen molar-refractivity contribution in [3.63, 3.8) is 0 Å². The van der Waals surface area contributed by atoms with E-state index in [-0.39, 0.29) is 28.6 Å². The number of nitrogens with one attached hydrogen (secondary N) is 3. The summed E-state index contributed by atoms with van der Waals surface area (Å²) in [6, 6.07) is 10.1. The second-order valence-electron chi connectivity index (χ2n) is 7.27. The molecule has 0 saturated carbocycles. The van der Waals surface area contributed by atoms with Crippen LogP contribution in [0.1, 0.15) is 33.3 Å². The van der Waals surface area contributed by atoms with Gasteiger partial charge in [-0.2, -0.15) is 5.10 Å². The van der Waals surface area contributed by atoms with Crippen molar-refractivity contribution in [2.45, 2.75) is 13.5 Å². The van der Waals surface area contributed by atoms with Gasteiger partial charge in [-0.15, -0.1) is 0 Å². The number of nitrogens with zero attached hydrogens (tertiary/aromatic N) is 3. The average Bonchev–Trinajstić information content (AvgIpc) is 3.23. The molecular weight excluding hydrogens is 454 g/mol.